The summed E-state index contributed by atoms with van der Waals surface area (Å²) < 4.78 is 15.8. The highest BCUT2D eigenvalue weighted by atomic mass is 16.5. The van der Waals surface area contributed by atoms with Gasteiger partial charge in [-0.25, -0.2) is 0 Å². The van der Waals surface area contributed by atoms with Crippen molar-refractivity contribution in [3.05, 3.63) is 17.7 Å². The van der Waals surface area contributed by atoms with E-state index in [2.05, 4.69) is 0 Å². The van der Waals surface area contributed by atoms with Crippen molar-refractivity contribution in [3.63, 3.8) is 0 Å². The number of benzene rings is 1. The van der Waals surface area contributed by atoms with E-state index in [1.54, 1.807) is 4.90 Å². The van der Waals surface area contributed by atoms with Crippen LogP contribution < -0.4 is 14.2 Å². The summed E-state index contributed by atoms with van der Waals surface area (Å²) in [5.41, 5.74) is 0.142. The van der Waals surface area contributed by atoms with Crippen molar-refractivity contribution in [3.8, 4) is 17.2 Å². The fourth-order valence-electron chi connectivity index (χ4n) is 4.10. The smallest absolute Gasteiger partial charge is 0.295 e. The first-order valence-corrected chi connectivity index (χ1v) is 9.42. The van der Waals surface area contributed by atoms with Gasteiger partial charge in [0.2, 0.25) is 11.7 Å². The van der Waals surface area contributed by atoms with Crippen molar-refractivity contribution >= 4 is 17.6 Å². The van der Waals surface area contributed by atoms with Gasteiger partial charge >= 0.3 is 0 Å². The zero-order chi connectivity index (χ0) is 20.4. The number of nitrogens with zero attached hydrogens (tertiary/aromatic N) is 2. The molecule has 2 bridgehead atoms. The SMILES string of the molecule is CCN1C[C@H]2CCC[C@@H](C1=O)N2C(=O)C(=O)c1cc(OC)c(OC)c(OC)c1. The zero-order valence-electron chi connectivity index (χ0n) is 16.7. The van der Waals surface area contributed by atoms with Crippen LogP contribution in [-0.2, 0) is 9.59 Å². The fraction of sp³-hybridized carbons (Fsp3) is 0.550. The van der Waals surface area contributed by atoms with Gasteiger partial charge in [-0.15, -0.1) is 0 Å². The van der Waals surface area contributed by atoms with Crippen LogP contribution in [-0.4, -0.2) is 73.9 Å². The second-order valence-corrected chi connectivity index (χ2v) is 6.93. The van der Waals surface area contributed by atoms with Gasteiger partial charge in [-0.3, -0.25) is 14.4 Å². The molecule has 1 aromatic carbocycles. The molecule has 0 aliphatic carbocycles. The van der Waals surface area contributed by atoms with E-state index in [4.69, 9.17) is 14.2 Å². The highest BCUT2D eigenvalue weighted by Crippen LogP contribution is 2.39. The molecule has 152 valence electrons. The average Bonchev–Trinajstić information content (AvgIpc) is 2.73. The number of amides is 2. The minimum absolute atomic E-state index is 0.0792. The summed E-state index contributed by atoms with van der Waals surface area (Å²) >= 11 is 0. The molecule has 0 N–H and O–H groups in total. The summed E-state index contributed by atoms with van der Waals surface area (Å²) in [6.45, 7) is 3.00. The summed E-state index contributed by atoms with van der Waals surface area (Å²) in [5.74, 6) is -0.487. The molecule has 3 rings (SSSR count). The monoisotopic (exact) mass is 390 g/mol. The molecule has 2 aliphatic heterocycles. The molecule has 8 heteroatoms. The molecule has 1 aromatic rings. The van der Waals surface area contributed by atoms with Crippen molar-refractivity contribution < 1.29 is 28.6 Å². The van der Waals surface area contributed by atoms with E-state index in [1.165, 1.54) is 38.4 Å². The van der Waals surface area contributed by atoms with E-state index < -0.39 is 17.7 Å². The van der Waals surface area contributed by atoms with Crippen LogP contribution in [0.3, 0.4) is 0 Å². The Bertz CT molecular complexity index is 768. The molecular formula is C20H26N2O6. The largest absolute Gasteiger partial charge is 0.493 e. The van der Waals surface area contributed by atoms with Crippen LogP contribution in [0, 0.1) is 0 Å². The Kier molecular flexibility index (Phi) is 5.76. The molecule has 0 saturated carbocycles. The lowest BCUT2D eigenvalue weighted by Crippen LogP contribution is -2.66. The molecular weight excluding hydrogens is 364 g/mol. The number of carbonyl (C=O) groups is 3. The Morgan fingerprint density at radius 2 is 1.71 bits per heavy atom. The van der Waals surface area contributed by atoms with E-state index in [1.807, 2.05) is 6.92 Å². The van der Waals surface area contributed by atoms with E-state index in [9.17, 15) is 14.4 Å². The molecule has 28 heavy (non-hydrogen) atoms. The molecule has 0 unspecified atom stereocenters. The summed E-state index contributed by atoms with van der Waals surface area (Å²) in [7, 11) is 4.35. The van der Waals surface area contributed by atoms with Crippen LogP contribution in [0.2, 0.25) is 0 Å². The highest BCUT2D eigenvalue weighted by molar-refractivity contribution is 6.43. The van der Waals surface area contributed by atoms with Crippen molar-refractivity contribution in [1.82, 2.24) is 9.80 Å². The molecule has 2 fully saturated rings. The number of ketones is 1. The van der Waals surface area contributed by atoms with Gasteiger partial charge in [0, 0.05) is 18.7 Å². The number of carbonyl (C=O) groups excluding carboxylic acids is 3. The molecule has 8 nitrogen and oxygen atoms in total. The number of likely N-dealkylation sites (N-methyl/N-ethyl adjacent to an activating group) is 1. The van der Waals surface area contributed by atoms with E-state index >= 15 is 0 Å². The molecule has 0 aromatic heterocycles. The number of piperidine rings is 1. The second-order valence-electron chi connectivity index (χ2n) is 6.93. The van der Waals surface area contributed by atoms with E-state index in [0.29, 0.717) is 36.8 Å². The third kappa shape index (κ3) is 3.27. The van der Waals surface area contributed by atoms with Crippen LogP contribution in [0.25, 0.3) is 0 Å². The number of rotatable bonds is 6. The van der Waals surface area contributed by atoms with E-state index in [-0.39, 0.29) is 17.5 Å². The van der Waals surface area contributed by atoms with Crippen LogP contribution in [0.1, 0.15) is 36.5 Å². The van der Waals surface area contributed by atoms with Crippen molar-refractivity contribution in [2.75, 3.05) is 34.4 Å². The Morgan fingerprint density at radius 1 is 1.07 bits per heavy atom. The fourth-order valence-corrected chi connectivity index (χ4v) is 4.10. The van der Waals surface area contributed by atoms with Gasteiger partial charge in [0.05, 0.1) is 27.4 Å². The Hall–Kier alpha value is -2.77. The third-order valence-corrected chi connectivity index (χ3v) is 5.51. The summed E-state index contributed by atoms with van der Waals surface area (Å²) in [6.07, 6.45) is 2.25. The number of methoxy groups -OCH3 is 3. The lowest BCUT2D eigenvalue weighted by molar-refractivity contribution is -0.156. The Balaban J connectivity index is 1.93. The second kappa shape index (κ2) is 8.08. The van der Waals surface area contributed by atoms with Gasteiger partial charge in [-0.05, 0) is 38.3 Å². The maximum atomic E-state index is 13.1. The zero-order valence-corrected chi connectivity index (χ0v) is 16.7. The molecule has 2 heterocycles. The summed E-state index contributed by atoms with van der Waals surface area (Å²) in [5, 5.41) is 0. The highest BCUT2D eigenvalue weighted by Gasteiger charge is 2.46. The van der Waals surface area contributed by atoms with Gasteiger partial charge in [0.15, 0.2) is 11.5 Å². The predicted octanol–water partition coefficient (Wildman–Crippen LogP) is 1.51. The standard InChI is InChI=1S/C20H26N2O6/c1-5-21-11-13-7-6-8-14(19(21)24)22(13)20(25)17(23)12-9-15(26-2)18(28-4)16(10-12)27-3/h9-10,13-14H,5-8,11H2,1-4H3/t13-,14+/m1/s1. The van der Waals surface area contributed by atoms with Gasteiger partial charge in [0.1, 0.15) is 6.04 Å². The number of piperazine rings is 1. The van der Waals surface area contributed by atoms with E-state index in [0.717, 1.165) is 12.8 Å². The molecule has 2 atom stereocenters. The van der Waals surface area contributed by atoms with Gasteiger partial charge in [-0.2, -0.15) is 0 Å². The first-order valence-electron chi connectivity index (χ1n) is 9.42. The topological polar surface area (TPSA) is 85.4 Å². The number of hydrogen-bond donors (Lipinski definition) is 0. The minimum atomic E-state index is -0.686. The average molecular weight is 390 g/mol. The molecule has 2 saturated heterocycles. The first-order chi connectivity index (χ1) is 13.5. The molecule has 2 amide bonds. The first kappa shape index (κ1) is 20.0. The van der Waals surface area contributed by atoms with Crippen LogP contribution in [0.15, 0.2) is 12.1 Å². The lowest BCUT2D eigenvalue weighted by atomic mass is 9.89. The minimum Gasteiger partial charge on any atom is -0.493 e. The lowest BCUT2D eigenvalue weighted by Gasteiger charge is -2.48. The number of Topliss-reactive ketones (excluding diaryl/α,β-unsaturated/α-hetero) is 1. The van der Waals surface area contributed by atoms with Gasteiger partial charge in [-0.1, -0.05) is 0 Å². The number of likely N-dealkylation sites (tertiary alicyclic amines) is 1. The van der Waals surface area contributed by atoms with Crippen LogP contribution in [0.5, 0.6) is 17.2 Å². The van der Waals surface area contributed by atoms with Crippen molar-refractivity contribution in [2.24, 2.45) is 0 Å². The normalized spacial score (nSPS) is 21.4. The van der Waals surface area contributed by atoms with Crippen molar-refractivity contribution in [1.29, 1.82) is 0 Å². The van der Waals surface area contributed by atoms with Gasteiger partial charge < -0.3 is 24.0 Å². The Labute approximate surface area is 164 Å². The summed E-state index contributed by atoms with van der Waals surface area (Å²) in [6, 6.07) is 2.23. The quantitative estimate of drug-likeness (QED) is 0.541. The molecule has 2 aliphatic rings. The van der Waals surface area contributed by atoms with Crippen molar-refractivity contribution in [2.45, 2.75) is 38.3 Å². The van der Waals surface area contributed by atoms with Crippen LogP contribution >= 0.6 is 0 Å². The molecule has 0 spiro atoms. The summed E-state index contributed by atoms with van der Waals surface area (Å²) in [4.78, 5) is 42.0. The number of fused-ring (bicyclic) bond motifs is 2. The third-order valence-electron chi connectivity index (χ3n) is 5.51. The Morgan fingerprint density at radius 3 is 2.25 bits per heavy atom. The number of hydrogen-bond acceptors (Lipinski definition) is 6. The maximum absolute atomic E-state index is 13.1. The van der Waals surface area contributed by atoms with Crippen LogP contribution in [0.4, 0.5) is 0 Å². The predicted molar refractivity (Wildman–Crippen MR) is 101 cm³/mol. The number of ether oxygens (including phenoxy) is 3. The molecule has 0 radical (unpaired) electrons. The van der Waals surface area contributed by atoms with Gasteiger partial charge in [0.25, 0.3) is 11.7 Å². The maximum Gasteiger partial charge on any atom is 0.295 e.